The Hall–Kier alpha value is -3.35. The molecular formula is C19H15FN2O4. The van der Waals surface area contributed by atoms with Gasteiger partial charge in [-0.2, -0.15) is 0 Å². The third-order valence-corrected chi connectivity index (χ3v) is 3.94. The van der Waals surface area contributed by atoms with Crippen LogP contribution >= 0.6 is 0 Å². The highest BCUT2D eigenvalue weighted by Gasteiger charge is 2.27. The van der Waals surface area contributed by atoms with E-state index in [1.807, 2.05) is 12.1 Å². The molecule has 1 aliphatic heterocycles. The van der Waals surface area contributed by atoms with Gasteiger partial charge in [-0.25, -0.2) is 4.39 Å². The fourth-order valence-electron chi connectivity index (χ4n) is 2.62. The van der Waals surface area contributed by atoms with E-state index in [-0.39, 0.29) is 19.1 Å². The highest BCUT2D eigenvalue weighted by atomic mass is 19.1. The van der Waals surface area contributed by atoms with Crippen molar-refractivity contribution in [1.82, 2.24) is 10.5 Å². The van der Waals surface area contributed by atoms with Gasteiger partial charge in [-0.05, 0) is 24.3 Å². The van der Waals surface area contributed by atoms with E-state index in [1.165, 1.54) is 6.07 Å². The number of carbonyl (C=O) groups is 1. The molecule has 1 amide bonds. The minimum Gasteiger partial charge on any atom is -0.485 e. The van der Waals surface area contributed by atoms with Crippen molar-refractivity contribution in [2.24, 2.45) is 0 Å². The Morgan fingerprint density at radius 2 is 1.92 bits per heavy atom. The number of aromatic nitrogens is 1. The molecule has 0 aliphatic carbocycles. The van der Waals surface area contributed by atoms with Crippen molar-refractivity contribution in [2.75, 3.05) is 6.61 Å². The predicted molar refractivity (Wildman–Crippen MR) is 90.1 cm³/mol. The second kappa shape index (κ2) is 6.87. The van der Waals surface area contributed by atoms with E-state index in [0.29, 0.717) is 28.5 Å². The average molecular weight is 354 g/mol. The molecule has 2 heterocycles. The maximum Gasteiger partial charge on any atom is 0.265 e. The summed E-state index contributed by atoms with van der Waals surface area (Å²) in [6, 6.07) is 15.0. The zero-order valence-electron chi connectivity index (χ0n) is 13.6. The number of amides is 1. The fraction of sp³-hybridized carbons (Fsp3) is 0.158. The van der Waals surface area contributed by atoms with E-state index in [9.17, 15) is 9.18 Å². The lowest BCUT2D eigenvalue weighted by Gasteiger charge is -2.25. The van der Waals surface area contributed by atoms with Crippen molar-refractivity contribution in [3.63, 3.8) is 0 Å². The highest BCUT2D eigenvalue weighted by molar-refractivity contribution is 5.81. The number of hydrogen-bond donors (Lipinski definition) is 1. The van der Waals surface area contributed by atoms with Crippen LogP contribution in [0.2, 0.25) is 0 Å². The number of benzene rings is 2. The summed E-state index contributed by atoms with van der Waals surface area (Å²) in [6.07, 6.45) is -0.747. The van der Waals surface area contributed by atoms with Crippen LogP contribution in [0.4, 0.5) is 4.39 Å². The molecule has 132 valence electrons. The predicted octanol–water partition coefficient (Wildman–Crippen LogP) is 2.94. The molecule has 0 saturated heterocycles. The molecule has 0 saturated carbocycles. The Morgan fingerprint density at radius 1 is 1.15 bits per heavy atom. The number of nitrogens with zero attached hydrogens (tertiary/aromatic N) is 1. The van der Waals surface area contributed by atoms with Crippen LogP contribution in [0, 0.1) is 5.82 Å². The van der Waals surface area contributed by atoms with Gasteiger partial charge in [-0.1, -0.05) is 29.4 Å². The van der Waals surface area contributed by atoms with Gasteiger partial charge in [0.2, 0.25) is 6.10 Å². The topological polar surface area (TPSA) is 73.6 Å². The average Bonchev–Trinajstić information content (AvgIpc) is 3.15. The number of hydrogen-bond acceptors (Lipinski definition) is 5. The van der Waals surface area contributed by atoms with Crippen molar-refractivity contribution < 1.29 is 23.2 Å². The first-order chi connectivity index (χ1) is 12.7. The second-order valence-corrected chi connectivity index (χ2v) is 5.74. The molecule has 0 bridgehead atoms. The molecule has 0 fully saturated rings. The molecular weight excluding hydrogens is 339 g/mol. The van der Waals surface area contributed by atoms with Gasteiger partial charge in [0.05, 0.1) is 12.1 Å². The van der Waals surface area contributed by atoms with Gasteiger partial charge in [-0.3, -0.25) is 4.79 Å². The smallest absolute Gasteiger partial charge is 0.265 e. The van der Waals surface area contributed by atoms with Gasteiger partial charge in [0.15, 0.2) is 17.3 Å². The lowest BCUT2D eigenvalue weighted by molar-refractivity contribution is -0.130. The monoisotopic (exact) mass is 354 g/mol. The summed E-state index contributed by atoms with van der Waals surface area (Å²) in [6.45, 7) is 0.264. The maximum absolute atomic E-state index is 13.8. The largest absolute Gasteiger partial charge is 0.485 e. The number of halogens is 1. The molecule has 7 heteroatoms. The third kappa shape index (κ3) is 3.23. The summed E-state index contributed by atoms with van der Waals surface area (Å²) >= 11 is 0. The number of para-hydroxylation sites is 2. The normalized spacial score (nSPS) is 15.5. The minimum atomic E-state index is -0.747. The Labute approximate surface area is 148 Å². The first kappa shape index (κ1) is 16.1. The first-order valence-electron chi connectivity index (χ1n) is 8.07. The first-order valence-corrected chi connectivity index (χ1v) is 8.07. The Morgan fingerprint density at radius 3 is 2.77 bits per heavy atom. The molecule has 1 atom stereocenters. The van der Waals surface area contributed by atoms with Crippen LogP contribution in [0.1, 0.15) is 5.69 Å². The van der Waals surface area contributed by atoms with Gasteiger partial charge < -0.3 is 19.3 Å². The lowest BCUT2D eigenvalue weighted by Crippen LogP contribution is -2.43. The van der Waals surface area contributed by atoms with Crippen LogP contribution in [-0.4, -0.2) is 23.8 Å². The molecule has 1 aromatic heterocycles. The maximum atomic E-state index is 13.8. The highest BCUT2D eigenvalue weighted by Crippen LogP contribution is 2.31. The van der Waals surface area contributed by atoms with Crippen LogP contribution in [0.3, 0.4) is 0 Å². The SMILES string of the molecule is O=C(NCc1cc(-c2ccccc2F)on1)[C@H]1COc2ccccc2O1. The quantitative estimate of drug-likeness (QED) is 0.780. The van der Waals surface area contributed by atoms with E-state index in [2.05, 4.69) is 10.5 Å². The van der Waals surface area contributed by atoms with Gasteiger partial charge in [0, 0.05) is 6.07 Å². The second-order valence-electron chi connectivity index (χ2n) is 5.74. The van der Waals surface area contributed by atoms with E-state index in [4.69, 9.17) is 14.0 Å². The molecule has 0 spiro atoms. The molecule has 1 N–H and O–H groups in total. The number of rotatable bonds is 4. The number of nitrogens with one attached hydrogen (secondary N) is 1. The zero-order chi connectivity index (χ0) is 17.9. The lowest BCUT2D eigenvalue weighted by atomic mass is 10.1. The van der Waals surface area contributed by atoms with E-state index in [1.54, 1.807) is 36.4 Å². The Bertz CT molecular complexity index is 941. The molecule has 0 unspecified atom stereocenters. The number of fused-ring (bicyclic) bond motifs is 1. The van der Waals surface area contributed by atoms with Gasteiger partial charge >= 0.3 is 0 Å². The number of carbonyl (C=O) groups excluding carboxylic acids is 1. The van der Waals surface area contributed by atoms with Crippen LogP contribution in [0.5, 0.6) is 11.5 Å². The minimum absolute atomic E-state index is 0.127. The van der Waals surface area contributed by atoms with Crippen molar-refractivity contribution in [1.29, 1.82) is 0 Å². The van der Waals surface area contributed by atoms with E-state index in [0.717, 1.165) is 0 Å². The fourth-order valence-corrected chi connectivity index (χ4v) is 2.62. The van der Waals surface area contributed by atoms with E-state index < -0.39 is 11.9 Å². The summed E-state index contributed by atoms with van der Waals surface area (Å²) in [4.78, 5) is 12.3. The summed E-state index contributed by atoms with van der Waals surface area (Å²) in [5.41, 5.74) is 0.798. The molecule has 3 aromatic rings. The van der Waals surface area contributed by atoms with E-state index >= 15 is 0 Å². The van der Waals surface area contributed by atoms with Gasteiger partial charge in [0.25, 0.3) is 5.91 Å². The molecule has 2 aromatic carbocycles. The van der Waals surface area contributed by atoms with Gasteiger partial charge in [-0.15, -0.1) is 0 Å². The standard InChI is InChI=1S/C19H15FN2O4/c20-14-6-2-1-5-13(14)17-9-12(22-26-17)10-21-19(23)18-11-24-15-7-3-4-8-16(15)25-18/h1-9,18H,10-11H2,(H,21,23)/t18-/m1/s1. The van der Waals surface area contributed by atoms with Crippen molar-refractivity contribution in [3.05, 3.63) is 66.1 Å². The molecule has 1 aliphatic rings. The zero-order valence-corrected chi connectivity index (χ0v) is 13.6. The van der Waals surface area contributed by atoms with Crippen LogP contribution < -0.4 is 14.8 Å². The van der Waals surface area contributed by atoms with Crippen LogP contribution in [0.15, 0.2) is 59.1 Å². The molecule has 6 nitrogen and oxygen atoms in total. The summed E-state index contributed by atoms with van der Waals surface area (Å²) in [5.74, 6) is 0.726. The number of ether oxygens (including phenoxy) is 2. The summed E-state index contributed by atoms with van der Waals surface area (Å²) in [5, 5.41) is 6.58. The summed E-state index contributed by atoms with van der Waals surface area (Å²) < 4.78 is 30.1. The van der Waals surface area contributed by atoms with Crippen molar-refractivity contribution in [2.45, 2.75) is 12.6 Å². The Kier molecular flexibility index (Phi) is 4.27. The third-order valence-electron chi connectivity index (χ3n) is 3.94. The molecule has 26 heavy (non-hydrogen) atoms. The van der Waals surface area contributed by atoms with Crippen LogP contribution in [0.25, 0.3) is 11.3 Å². The summed E-state index contributed by atoms with van der Waals surface area (Å²) in [7, 11) is 0. The van der Waals surface area contributed by atoms with Crippen molar-refractivity contribution in [3.8, 4) is 22.8 Å². The van der Waals surface area contributed by atoms with Crippen molar-refractivity contribution >= 4 is 5.91 Å². The molecule has 4 rings (SSSR count). The Balaban J connectivity index is 1.38. The molecule has 0 radical (unpaired) electrons. The van der Waals surface area contributed by atoms with Crippen LogP contribution in [-0.2, 0) is 11.3 Å². The van der Waals surface area contributed by atoms with Gasteiger partial charge in [0.1, 0.15) is 18.1 Å².